The van der Waals surface area contributed by atoms with Gasteiger partial charge in [0, 0.05) is 0 Å². The van der Waals surface area contributed by atoms with Crippen LogP contribution in [-0.4, -0.2) is 22.6 Å². The summed E-state index contributed by atoms with van der Waals surface area (Å²) in [5.74, 6) is -0.476. The van der Waals surface area contributed by atoms with Crippen LogP contribution in [0.1, 0.15) is 6.92 Å². The van der Waals surface area contributed by atoms with Crippen LogP contribution >= 0.6 is 11.6 Å². The van der Waals surface area contributed by atoms with E-state index in [1.54, 1.807) is 12.1 Å². The topological polar surface area (TPSA) is 46.5 Å². The number of hydrogen-bond donors (Lipinski definition) is 1. The summed E-state index contributed by atoms with van der Waals surface area (Å²) in [5.41, 5.74) is 0. The third-order valence-corrected chi connectivity index (χ3v) is 1.97. The normalized spacial score (nSPS) is 14.4. The van der Waals surface area contributed by atoms with E-state index >= 15 is 0 Å². The molecule has 1 atom stereocenters. The molecule has 1 N–H and O–H groups in total. The van der Waals surface area contributed by atoms with Crippen molar-refractivity contribution in [2.24, 2.45) is 0 Å². The predicted molar refractivity (Wildman–Crippen MR) is 53.8 cm³/mol. The van der Waals surface area contributed by atoms with Gasteiger partial charge in [0.25, 0.3) is 0 Å². The maximum absolute atomic E-state index is 10.6. The van der Waals surface area contributed by atoms with E-state index in [0.717, 1.165) is 0 Å². The minimum absolute atomic E-state index is 0.0616. The van der Waals surface area contributed by atoms with Crippen molar-refractivity contribution in [3.8, 4) is 5.75 Å². The van der Waals surface area contributed by atoms with Gasteiger partial charge in [0.1, 0.15) is 12.4 Å². The summed E-state index contributed by atoms with van der Waals surface area (Å²) in [6.07, 6.45) is 0. The van der Waals surface area contributed by atoms with Gasteiger partial charge in [-0.3, -0.25) is 4.79 Å². The Balaban J connectivity index is 2.53. The number of carbonyl (C=O) groups is 1. The van der Waals surface area contributed by atoms with Crippen molar-refractivity contribution >= 4 is 17.6 Å². The molecule has 1 rings (SSSR count). The maximum Gasteiger partial charge on any atom is 0.328 e. The molecule has 1 aromatic rings. The summed E-state index contributed by atoms with van der Waals surface area (Å²) in [6, 6.07) is 8.96. The van der Waals surface area contributed by atoms with E-state index in [1.807, 2.05) is 18.2 Å². The second-order valence-electron chi connectivity index (χ2n) is 3.10. The summed E-state index contributed by atoms with van der Waals surface area (Å²) >= 11 is 5.70. The van der Waals surface area contributed by atoms with E-state index < -0.39 is 10.8 Å². The molecule has 0 aliphatic carbocycles. The SMILES string of the molecule is C[C@@](Cl)(COc1ccccc1)C(=O)O. The van der Waals surface area contributed by atoms with Gasteiger partial charge in [0.05, 0.1) is 0 Å². The molecule has 0 radical (unpaired) electrons. The van der Waals surface area contributed by atoms with Gasteiger partial charge in [-0.15, -0.1) is 11.6 Å². The molecule has 0 fully saturated rings. The van der Waals surface area contributed by atoms with Gasteiger partial charge < -0.3 is 9.84 Å². The molecule has 1 aromatic carbocycles. The lowest BCUT2D eigenvalue weighted by Gasteiger charge is -2.16. The lowest BCUT2D eigenvalue weighted by Crippen LogP contribution is -2.35. The van der Waals surface area contributed by atoms with Crippen LogP contribution in [0.2, 0.25) is 0 Å². The van der Waals surface area contributed by atoms with Gasteiger partial charge in [-0.25, -0.2) is 0 Å². The first-order chi connectivity index (χ1) is 6.52. The van der Waals surface area contributed by atoms with Crippen molar-refractivity contribution in [3.05, 3.63) is 30.3 Å². The van der Waals surface area contributed by atoms with Crippen LogP contribution in [0.4, 0.5) is 0 Å². The monoisotopic (exact) mass is 214 g/mol. The molecule has 0 spiro atoms. The largest absolute Gasteiger partial charge is 0.491 e. The van der Waals surface area contributed by atoms with Crippen LogP contribution in [0.25, 0.3) is 0 Å². The number of alkyl halides is 1. The Kier molecular flexibility index (Phi) is 3.36. The fraction of sp³-hybridized carbons (Fsp3) is 0.300. The molecule has 0 aliphatic heterocycles. The van der Waals surface area contributed by atoms with Crippen molar-refractivity contribution in [1.82, 2.24) is 0 Å². The quantitative estimate of drug-likeness (QED) is 0.782. The number of aliphatic carboxylic acids is 1. The molecule has 3 nitrogen and oxygen atoms in total. The highest BCUT2D eigenvalue weighted by Crippen LogP contribution is 2.17. The van der Waals surface area contributed by atoms with Crippen molar-refractivity contribution in [2.45, 2.75) is 11.8 Å². The second-order valence-corrected chi connectivity index (χ2v) is 3.94. The minimum atomic E-state index is -1.38. The Labute approximate surface area is 87.3 Å². The van der Waals surface area contributed by atoms with Crippen LogP contribution < -0.4 is 4.74 Å². The summed E-state index contributed by atoms with van der Waals surface area (Å²) in [4.78, 5) is 9.25. The molecule has 76 valence electrons. The molecule has 0 saturated heterocycles. The van der Waals surface area contributed by atoms with Crippen molar-refractivity contribution in [1.29, 1.82) is 0 Å². The molecule has 0 unspecified atom stereocenters. The second kappa shape index (κ2) is 4.33. The third kappa shape index (κ3) is 2.92. The highest BCUT2D eigenvalue weighted by molar-refractivity contribution is 6.33. The van der Waals surface area contributed by atoms with Crippen LogP contribution in [-0.2, 0) is 4.79 Å². The van der Waals surface area contributed by atoms with E-state index in [0.29, 0.717) is 5.75 Å². The molecule has 0 aromatic heterocycles. The number of halogens is 1. The molecule has 0 heterocycles. The number of carboxylic acid groups (broad SMARTS) is 1. The summed E-state index contributed by atoms with van der Waals surface area (Å²) in [6.45, 7) is 1.34. The fourth-order valence-electron chi connectivity index (χ4n) is 0.797. The van der Waals surface area contributed by atoms with Crippen LogP contribution in [0, 0.1) is 0 Å². The van der Waals surface area contributed by atoms with Gasteiger partial charge in [-0.05, 0) is 19.1 Å². The van der Waals surface area contributed by atoms with E-state index in [9.17, 15) is 4.79 Å². The number of rotatable bonds is 4. The predicted octanol–water partition coefficient (Wildman–Crippen LogP) is 2.15. The van der Waals surface area contributed by atoms with Crippen LogP contribution in [0.15, 0.2) is 30.3 Å². The van der Waals surface area contributed by atoms with Crippen molar-refractivity contribution in [2.75, 3.05) is 6.61 Å². The number of carboxylic acids is 1. The molecule has 0 amide bonds. The van der Waals surface area contributed by atoms with Crippen LogP contribution in [0.3, 0.4) is 0 Å². The van der Waals surface area contributed by atoms with E-state index in [1.165, 1.54) is 6.92 Å². The molecule has 0 saturated carbocycles. The Morgan fingerprint density at radius 1 is 1.50 bits per heavy atom. The molecule has 4 heteroatoms. The van der Waals surface area contributed by atoms with E-state index in [4.69, 9.17) is 21.4 Å². The minimum Gasteiger partial charge on any atom is -0.491 e. The summed E-state index contributed by atoms with van der Waals surface area (Å²) in [7, 11) is 0. The van der Waals surface area contributed by atoms with Gasteiger partial charge in [0.2, 0.25) is 0 Å². The van der Waals surface area contributed by atoms with Crippen LogP contribution in [0.5, 0.6) is 5.75 Å². The fourth-order valence-corrected chi connectivity index (χ4v) is 0.852. The third-order valence-electron chi connectivity index (χ3n) is 1.70. The first kappa shape index (κ1) is 10.9. The number of benzene rings is 1. The lowest BCUT2D eigenvalue weighted by molar-refractivity contribution is -0.140. The first-order valence-corrected chi connectivity index (χ1v) is 4.50. The Morgan fingerprint density at radius 2 is 2.07 bits per heavy atom. The molecule has 0 bridgehead atoms. The summed E-state index contributed by atoms with van der Waals surface area (Å²) < 4.78 is 5.22. The lowest BCUT2D eigenvalue weighted by atomic mass is 10.2. The van der Waals surface area contributed by atoms with Gasteiger partial charge in [0.15, 0.2) is 4.87 Å². The Bertz CT molecular complexity index is 308. The van der Waals surface area contributed by atoms with Crippen molar-refractivity contribution < 1.29 is 14.6 Å². The van der Waals surface area contributed by atoms with Gasteiger partial charge in [-0.1, -0.05) is 18.2 Å². The van der Waals surface area contributed by atoms with Gasteiger partial charge in [-0.2, -0.15) is 0 Å². The molecule has 0 aliphatic rings. The Morgan fingerprint density at radius 3 is 2.57 bits per heavy atom. The van der Waals surface area contributed by atoms with E-state index in [2.05, 4.69) is 0 Å². The maximum atomic E-state index is 10.6. The van der Waals surface area contributed by atoms with E-state index in [-0.39, 0.29) is 6.61 Å². The summed E-state index contributed by atoms with van der Waals surface area (Å²) in [5, 5.41) is 8.71. The molecule has 14 heavy (non-hydrogen) atoms. The smallest absolute Gasteiger partial charge is 0.328 e. The first-order valence-electron chi connectivity index (χ1n) is 4.12. The highest BCUT2D eigenvalue weighted by atomic mass is 35.5. The average Bonchev–Trinajstić information content (AvgIpc) is 2.16. The zero-order chi connectivity index (χ0) is 10.6. The van der Waals surface area contributed by atoms with Crippen molar-refractivity contribution in [3.63, 3.8) is 0 Å². The van der Waals surface area contributed by atoms with Gasteiger partial charge >= 0.3 is 5.97 Å². The zero-order valence-corrected chi connectivity index (χ0v) is 8.49. The standard InChI is InChI=1S/C10H11ClO3/c1-10(11,9(12)13)7-14-8-5-3-2-4-6-8/h2-6H,7H2,1H3,(H,12,13)/t10-/m1/s1. The molecular weight excluding hydrogens is 204 g/mol. The number of para-hydroxylation sites is 1. The Hall–Kier alpha value is -1.22. The highest BCUT2D eigenvalue weighted by Gasteiger charge is 2.31. The average molecular weight is 215 g/mol. The number of ether oxygens (including phenoxy) is 1. The zero-order valence-electron chi connectivity index (χ0n) is 7.74. The molecular formula is C10H11ClO3. The number of hydrogen-bond acceptors (Lipinski definition) is 2.